The zero-order valence-electron chi connectivity index (χ0n) is 6.82. The van der Waals surface area contributed by atoms with Crippen molar-refractivity contribution in [3.63, 3.8) is 0 Å². The summed E-state index contributed by atoms with van der Waals surface area (Å²) in [4.78, 5) is 11.6. The van der Waals surface area contributed by atoms with Crippen molar-refractivity contribution in [1.29, 1.82) is 0 Å². The molecule has 5 heteroatoms. The van der Waals surface area contributed by atoms with Gasteiger partial charge < -0.3 is 4.74 Å². The van der Waals surface area contributed by atoms with Gasteiger partial charge in [0.1, 0.15) is 4.75 Å². The molecule has 1 aliphatic carbocycles. The maximum Gasteiger partial charge on any atom is 0.324 e. The highest BCUT2D eigenvalue weighted by atomic mass is 127. The Balaban J connectivity index is 1.95. The number of carbonyl (C=O) groups is 1. The lowest BCUT2D eigenvalue weighted by Gasteiger charge is -2.13. The molecule has 4 unspecified atom stereocenters. The maximum atomic E-state index is 11.6. The Kier molecular flexibility index (Phi) is 1.79. The number of methoxy groups -OCH3 is 1. The number of carbonyl (C=O) groups excluding carboxylic acids is 1. The summed E-state index contributed by atoms with van der Waals surface area (Å²) in [6.45, 7) is 0. The number of rotatable bonds is 1. The Labute approximate surface area is 98.4 Å². The van der Waals surface area contributed by atoms with Gasteiger partial charge in [0, 0.05) is 14.1 Å². The molecule has 0 spiro atoms. The Hall–Kier alpha value is 0.640. The van der Waals surface area contributed by atoms with E-state index in [0.29, 0.717) is 15.7 Å². The van der Waals surface area contributed by atoms with Crippen LogP contribution < -0.4 is 0 Å². The third-order valence-corrected chi connectivity index (χ3v) is 7.31. The average Bonchev–Trinajstić information content (AvgIpc) is 2.93. The molecule has 0 radical (unpaired) electrons. The molecule has 70 valence electrons. The molecule has 0 aromatic rings. The third-order valence-electron chi connectivity index (χ3n) is 2.69. The van der Waals surface area contributed by atoms with Crippen LogP contribution in [0.4, 0.5) is 0 Å². The van der Waals surface area contributed by atoms with E-state index in [-0.39, 0.29) is 10.7 Å². The van der Waals surface area contributed by atoms with Crippen LogP contribution in [0.1, 0.15) is 0 Å². The minimum absolute atomic E-state index is 0.0253. The summed E-state index contributed by atoms with van der Waals surface area (Å²) < 4.78 is 6.08. The van der Waals surface area contributed by atoms with Crippen LogP contribution in [0.2, 0.25) is 0 Å². The van der Waals surface area contributed by atoms with Gasteiger partial charge in [0.15, 0.2) is 0 Å². The Morgan fingerprint density at radius 3 is 3.23 bits per heavy atom. The van der Waals surface area contributed by atoms with Gasteiger partial charge in [-0.1, -0.05) is 6.08 Å². The smallest absolute Gasteiger partial charge is 0.324 e. The van der Waals surface area contributed by atoms with E-state index in [4.69, 9.17) is 4.74 Å². The summed E-state index contributed by atoms with van der Waals surface area (Å²) >= 11 is 6.04. The first-order valence-electron chi connectivity index (χ1n) is 3.99. The minimum Gasteiger partial charge on any atom is -0.468 e. The summed E-state index contributed by atoms with van der Waals surface area (Å²) in [5.41, 5.74) is 0. The molecule has 2 fully saturated rings. The predicted molar refractivity (Wildman–Crippen MR) is 63.4 cm³/mol. The first-order valence-corrected chi connectivity index (χ1v) is 6.89. The van der Waals surface area contributed by atoms with Crippen molar-refractivity contribution in [2.75, 3.05) is 7.11 Å². The molecule has 0 N–H and O–H groups in total. The molecule has 4 atom stereocenters. The van der Waals surface area contributed by atoms with Gasteiger partial charge in [0.05, 0.1) is 12.4 Å². The fraction of sp³-hybridized carbons (Fsp3) is 0.625. The molecule has 2 saturated heterocycles. The predicted octanol–water partition coefficient (Wildman–Crippen LogP) is 1.83. The molecule has 0 amide bonds. The summed E-state index contributed by atoms with van der Waals surface area (Å²) in [5, 5.41) is 1.47. The van der Waals surface area contributed by atoms with Crippen molar-refractivity contribution in [3.8, 4) is 0 Å². The fourth-order valence-corrected chi connectivity index (χ4v) is 6.61. The van der Waals surface area contributed by atoms with Gasteiger partial charge in [-0.25, -0.2) is 0 Å². The largest absolute Gasteiger partial charge is 0.468 e. The zero-order valence-corrected chi connectivity index (χ0v) is 10.6. The van der Waals surface area contributed by atoms with Gasteiger partial charge in [-0.15, -0.1) is 23.5 Å². The van der Waals surface area contributed by atoms with Crippen molar-refractivity contribution >= 4 is 52.1 Å². The van der Waals surface area contributed by atoms with Gasteiger partial charge in [0.2, 0.25) is 0 Å². The number of hydrogen-bond donors (Lipinski definition) is 0. The van der Waals surface area contributed by atoms with Crippen molar-refractivity contribution in [2.24, 2.45) is 0 Å². The molecule has 2 nitrogen and oxygen atoms in total. The van der Waals surface area contributed by atoms with E-state index in [2.05, 4.69) is 28.7 Å². The number of fused-ring (bicyclic) bond motifs is 3. The maximum absolute atomic E-state index is 11.6. The van der Waals surface area contributed by atoms with Gasteiger partial charge in [-0.05, 0) is 22.6 Å². The van der Waals surface area contributed by atoms with Crippen LogP contribution >= 0.6 is 46.1 Å². The lowest BCUT2D eigenvalue weighted by atomic mass is 9.95. The molecular weight excluding hydrogens is 319 g/mol. The number of ether oxygens (including phenoxy) is 1. The molecule has 0 aromatic heterocycles. The molecule has 0 bridgehead atoms. The summed E-state index contributed by atoms with van der Waals surface area (Å²) in [6.07, 6.45) is 2.23. The zero-order chi connectivity index (χ0) is 9.22. The van der Waals surface area contributed by atoms with Crippen LogP contribution in [0, 0.1) is 0 Å². The quantitative estimate of drug-likeness (QED) is 0.417. The number of thioether (sulfide) groups is 2. The highest BCUT2D eigenvalue weighted by Gasteiger charge is 2.75. The number of hydrogen-bond acceptors (Lipinski definition) is 4. The van der Waals surface area contributed by atoms with Gasteiger partial charge in [-0.3, -0.25) is 4.79 Å². The normalized spacial score (nSPS) is 50.0. The van der Waals surface area contributed by atoms with E-state index in [9.17, 15) is 4.79 Å². The fourth-order valence-electron chi connectivity index (χ4n) is 1.89. The molecular formula is C8H7IO2S2. The van der Waals surface area contributed by atoms with Crippen molar-refractivity contribution in [2.45, 2.75) is 20.5 Å². The molecule has 0 saturated carbocycles. The second-order valence-corrected chi connectivity index (χ2v) is 7.30. The molecule has 3 aliphatic rings. The monoisotopic (exact) mass is 326 g/mol. The lowest BCUT2D eigenvalue weighted by molar-refractivity contribution is -0.142. The van der Waals surface area contributed by atoms with Crippen molar-refractivity contribution in [1.82, 2.24) is 0 Å². The second-order valence-electron chi connectivity index (χ2n) is 3.35. The van der Waals surface area contributed by atoms with Gasteiger partial charge >= 0.3 is 5.97 Å². The van der Waals surface area contributed by atoms with Crippen LogP contribution in [0.25, 0.3) is 0 Å². The minimum atomic E-state index is -0.196. The first kappa shape index (κ1) is 8.91. The highest BCUT2D eigenvalue weighted by molar-refractivity contribution is 14.1. The molecule has 2 aliphatic heterocycles. The van der Waals surface area contributed by atoms with E-state index in [1.54, 1.807) is 11.8 Å². The van der Waals surface area contributed by atoms with Gasteiger partial charge in [-0.2, -0.15) is 0 Å². The van der Waals surface area contributed by atoms with E-state index in [1.165, 1.54) is 10.7 Å². The summed E-state index contributed by atoms with van der Waals surface area (Å²) in [7, 11) is 1.48. The Morgan fingerprint density at radius 1 is 1.77 bits per heavy atom. The molecule has 0 aromatic carbocycles. The van der Waals surface area contributed by atoms with E-state index in [1.807, 2.05) is 11.8 Å². The first-order chi connectivity index (χ1) is 6.20. The molecule has 2 heterocycles. The topological polar surface area (TPSA) is 26.3 Å². The highest BCUT2D eigenvalue weighted by Crippen LogP contribution is 2.73. The average molecular weight is 326 g/mol. The van der Waals surface area contributed by atoms with Crippen LogP contribution in [-0.2, 0) is 9.53 Å². The molecule has 3 rings (SSSR count). The number of halogens is 1. The Morgan fingerprint density at radius 2 is 2.54 bits per heavy atom. The SMILES string of the molecule is COC(=O)C12SC1C=C(I)C1SC12. The van der Waals surface area contributed by atoms with Gasteiger partial charge in [0.25, 0.3) is 0 Å². The third kappa shape index (κ3) is 1.01. The summed E-state index contributed by atoms with van der Waals surface area (Å²) in [5.74, 6) is -0.0253. The van der Waals surface area contributed by atoms with E-state index >= 15 is 0 Å². The van der Waals surface area contributed by atoms with E-state index < -0.39 is 0 Å². The Bertz CT molecular complexity index is 330. The van der Waals surface area contributed by atoms with Crippen molar-refractivity contribution in [3.05, 3.63) is 9.66 Å². The van der Waals surface area contributed by atoms with E-state index in [0.717, 1.165) is 0 Å². The number of esters is 1. The van der Waals surface area contributed by atoms with Crippen LogP contribution in [-0.4, -0.2) is 33.6 Å². The standard InChI is InChI=1S/C8H7IO2S2/c1-11-7(10)8-4(13-8)2-3(9)5-6(8)12-5/h2,4-6H,1H3. The van der Waals surface area contributed by atoms with Crippen LogP contribution in [0.5, 0.6) is 0 Å². The lowest BCUT2D eigenvalue weighted by Crippen LogP contribution is -2.36. The molecule has 13 heavy (non-hydrogen) atoms. The van der Waals surface area contributed by atoms with Crippen LogP contribution in [0.15, 0.2) is 9.66 Å². The summed E-state index contributed by atoms with van der Waals surface area (Å²) in [6, 6.07) is 0. The van der Waals surface area contributed by atoms with Crippen molar-refractivity contribution < 1.29 is 9.53 Å². The van der Waals surface area contributed by atoms with Crippen LogP contribution in [0.3, 0.4) is 0 Å². The second kappa shape index (κ2) is 2.61.